The van der Waals surface area contributed by atoms with Crippen LogP contribution >= 0.6 is 46.4 Å². The summed E-state index contributed by atoms with van der Waals surface area (Å²) in [5, 5.41) is 151. The molecule has 0 heterocycles. The van der Waals surface area contributed by atoms with E-state index in [1.54, 1.807) is 97.1 Å². The molecule has 0 unspecified atom stereocenters. The molecule has 0 amide bonds. The third kappa shape index (κ3) is 32.8. The average Bonchev–Trinajstić information content (AvgIpc) is 3.42. The molecule has 27 nitrogen and oxygen atoms in total. The minimum Gasteiger partial charge on any atom is -0.479 e. The fourth-order valence-electron chi connectivity index (χ4n) is 6.24. The number of nitrogens with one attached hydrogen (secondary N) is 20. The first-order valence-electron chi connectivity index (χ1n) is 24.9. The van der Waals surface area contributed by atoms with Gasteiger partial charge in [0, 0.05) is 69.0 Å². The molecule has 4 atom stereocenters. The molecule has 0 bridgehead atoms. The Balaban J connectivity index is 0.000000455. The van der Waals surface area contributed by atoms with E-state index in [0.29, 0.717) is 69.0 Å². The highest BCUT2D eigenvalue weighted by Gasteiger charge is 2.34. The Bertz CT molecular complexity index is 2290. The topological polar surface area (TPSA) is 474 Å². The smallest absolute Gasteiger partial charge is 0.335 e. The molecular formula is C50H72Cl4N20O7. The lowest BCUT2D eigenvalue weighted by atomic mass is 10.0. The van der Waals surface area contributed by atoms with Gasteiger partial charge in [0.2, 0.25) is 0 Å². The van der Waals surface area contributed by atoms with E-state index in [2.05, 4.69) is 63.8 Å². The molecule has 0 aliphatic rings. The number of aliphatic hydroxyl groups is 5. The van der Waals surface area contributed by atoms with Crippen LogP contribution in [0.15, 0.2) is 97.1 Å². The fraction of sp³-hybridized carbons (Fsp3) is 0.340. The fourth-order valence-corrected chi connectivity index (χ4v) is 6.75. The van der Waals surface area contributed by atoms with Gasteiger partial charge in [0.05, 0.1) is 6.61 Å². The number of carbonyl (C=O) groups is 1. The van der Waals surface area contributed by atoms with E-state index in [1.807, 2.05) is 0 Å². The number of benzene rings is 4. The molecular weight excluding hydrogens is 1130 g/mol. The van der Waals surface area contributed by atoms with Crippen molar-refractivity contribution in [2.24, 2.45) is 0 Å². The van der Waals surface area contributed by atoms with Gasteiger partial charge < -0.3 is 73.2 Å². The van der Waals surface area contributed by atoms with Crippen LogP contribution in [0.1, 0.15) is 51.4 Å². The molecule has 81 heavy (non-hydrogen) atoms. The Labute approximate surface area is 488 Å². The summed E-state index contributed by atoms with van der Waals surface area (Å²) in [6, 6.07) is 27.8. The summed E-state index contributed by atoms with van der Waals surface area (Å²) in [4.78, 5) is 10.1. The van der Waals surface area contributed by atoms with E-state index in [9.17, 15) is 4.79 Å². The van der Waals surface area contributed by atoms with Crippen LogP contribution in [0, 0.1) is 43.3 Å². The Hall–Kier alpha value is -7.73. The highest BCUT2D eigenvalue weighted by atomic mass is 35.5. The van der Waals surface area contributed by atoms with Crippen LogP contribution in [-0.4, -0.2) is 141 Å². The van der Waals surface area contributed by atoms with Gasteiger partial charge in [-0.1, -0.05) is 72.1 Å². The van der Waals surface area contributed by atoms with E-state index in [0.717, 1.165) is 51.4 Å². The Morgan fingerprint density at radius 1 is 0.370 bits per heavy atom. The van der Waals surface area contributed by atoms with Gasteiger partial charge in [-0.25, -0.2) is 4.79 Å². The molecule has 442 valence electrons. The molecule has 0 saturated carbocycles. The Kier molecular flexibility index (Phi) is 33.9. The second-order valence-electron chi connectivity index (χ2n) is 17.1. The van der Waals surface area contributed by atoms with Gasteiger partial charge in [-0.3, -0.25) is 64.5 Å². The van der Waals surface area contributed by atoms with Crippen molar-refractivity contribution in [3.63, 3.8) is 0 Å². The zero-order valence-electron chi connectivity index (χ0n) is 43.8. The second-order valence-corrected chi connectivity index (χ2v) is 18.8. The summed E-state index contributed by atoms with van der Waals surface area (Å²) < 4.78 is 0. The first-order chi connectivity index (χ1) is 38.5. The summed E-state index contributed by atoms with van der Waals surface area (Å²) in [5.41, 5.74) is 2.84. The molecule has 0 saturated heterocycles. The predicted octanol–water partition coefficient (Wildman–Crippen LogP) is 4.86. The number of hydrogen-bond donors (Lipinski definition) is 26. The maximum Gasteiger partial charge on any atom is 0.335 e. The Morgan fingerprint density at radius 2 is 0.593 bits per heavy atom. The maximum absolute atomic E-state index is 10.1. The molecule has 0 radical (unpaired) electrons. The zero-order chi connectivity index (χ0) is 60.1. The lowest BCUT2D eigenvalue weighted by molar-refractivity contribution is -0.164. The molecule has 0 aliphatic carbocycles. The van der Waals surface area contributed by atoms with E-state index >= 15 is 0 Å². The number of anilines is 4. The molecule has 4 aromatic carbocycles. The van der Waals surface area contributed by atoms with Crippen LogP contribution in [0.2, 0.25) is 20.1 Å². The summed E-state index contributed by atoms with van der Waals surface area (Å²) in [5.74, 6) is -1.50. The molecule has 4 aromatic rings. The molecule has 26 N–H and O–H groups in total. The Morgan fingerprint density at radius 3 is 0.790 bits per heavy atom. The maximum atomic E-state index is 10.1. The monoisotopic (exact) mass is 1200 g/mol. The summed E-state index contributed by atoms with van der Waals surface area (Å²) in [6.45, 7) is 1.65. The number of halogens is 4. The van der Waals surface area contributed by atoms with Crippen LogP contribution in [0.25, 0.3) is 0 Å². The lowest BCUT2D eigenvalue weighted by Gasteiger charge is -2.23. The van der Waals surface area contributed by atoms with Gasteiger partial charge in [0.15, 0.2) is 53.8 Å². The quantitative estimate of drug-likeness (QED) is 0.0268. The highest BCUT2D eigenvalue weighted by molar-refractivity contribution is 6.31. The van der Waals surface area contributed by atoms with Crippen molar-refractivity contribution in [3.8, 4) is 0 Å². The van der Waals surface area contributed by atoms with Crippen LogP contribution in [0.5, 0.6) is 0 Å². The number of hydrogen-bond acceptors (Lipinski definition) is 14. The highest BCUT2D eigenvalue weighted by Crippen LogP contribution is 2.16. The number of guanidine groups is 8. The van der Waals surface area contributed by atoms with Crippen LogP contribution in [0.4, 0.5) is 22.7 Å². The molecule has 31 heteroatoms. The first-order valence-corrected chi connectivity index (χ1v) is 26.4. The molecule has 4 rings (SSSR count). The van der Waals surface area contributed by atoms with Crippen LogP contribution < -0.4 is 63.8 Å². The SMILES string of the molecule is N=C(NCCCCCCNC(=N)NC(=N)Nc1ccc(Cl)cc1)NC(=N)Nc1ccc(Cl)cc1.N=C(NCCCCCCNC(=N)NC(=N)Nc1ccc(Cl)cc1)NC(=N)Nc1ccc(Cl)cc1.O=C(O)[C@H](O)[C@@H](O)[C@H](O)[C@H](O)CO. The molecule has 0 aliphatic heterocycles. The number of aliphatic carboxylic acids is 1. The molecule has 0 aromatic heterocycles. The van der Waals surface area contributed by atoms with Crippen molar-refractivity contribution in [2.75, 3.05) is 54.1 Å². The van der Waals surface area contributed by atoms with Gasteiger partial charge in [-0.2, -0.15) is 0 Å². The van der Waals surface area contributed by atoms with E-state index < -0.39 is 37.0 Å². The van der Waals surface area contributed by atoms with Gasteiger partial charge in [0.1, 0.15) is 18.3 Å². The van der Waals surface area contributed by atoms with Crippen molar-refractivity contribution in [1.82, 2.24) is 42.5 Å². The third-order valence-electron chi connectivity index (χ3n) is 10.4. The van der Waals surface area contributed by atoms with Crippen molar-refractivity contribution >= 4 is 123 Å². The third-order valence-corrected chi connectivity index (χ3v) is 11.4. The number of unbranched alkanes of at least 4 members (excludes halogenated alkanes) is 6. The standard InChI is InChI=1S/2C22H30Cl2N10.C6H12O7/c2*23-15-5-9-17(10-6-15)31-21(27)33-19(25)29-13-3-1-2-4-14-30-20(26)34-22(28)32-18-11-7-16(24)8-12-18;7-1-2(8)3(9)4(10)5(11)6(12)13/h2*5-12H,1-4,13-14H2,(H5,25,27,29,31,33)(H5,26,28,30,32,34);2-5,7-11H,1H2,(H,12,13)/t;;2-,3-,4+,5-/m..1/s1. The van der Waals surface area contributed by atoms with Crippen LogP contribution in [0.3, 0.4) is 0 Å². The van der Waals surface area contributed by atoms with Crippen molar-refractivity contribution < 1.29 is 35.4 Å². The van der Waals surface area contributed by atoms with Crippen molar-refractivity contribution in [1.29, 1.82) is 43.3 Å². The van der Waals surface area contributed by atoms with Gasteiger partial charge >= 0.3 is 5.97 Å². The van der Waals surface area contributed by atoms with Gasteiger partial charge in [-0.05, 0) is 123 Å². The first kappa shape index (κ1) is 69.4. The van der Waals surface area contributed by atoms with E-state index in [4.69, 9.17) is 120 Å². The lowest BCUT2D eigenvalue weighted by Crippen LogP contribution is -2.48. The van der Waals surface area contributed by atoms with Gasteiger partial charge in [-0.15, -0.1) is 0 Å². The van der Waals surface area contributed by atoms with Crippen molar-refractivity contribution in [2.45, 2.75) is 75.8 Å². The summed E-state index contributed by atoms with van der Waals surface area (Å²) in [6.07, 6.45) is -0.430. The van der Waals surface area contributed by atoms with Gasteiger partial charge in [0.25, 0.3) is 0 Å². The molecule has 0 spiro atoms. The minimum atomic E-state index is -2.20. The molecule has 0 fully saturated rings. The van der Waals surface area contributed by atoms with E-state index in [1.165, 1.54) is 0 Å². The predicted molar refractivity (Wildman–Crippen MR) is 322 cm³/mol. The number of rotatable bonds is 23. The summed E-state index contributed by atoms with van der Waals surface area (Å²) in [7, 11) is 0. The second kappa shape index (κ2) is 39.6. The zero-order valence-corrected chi connectivity index (χ0v) is 46.9. The van der Waals surface area contributed by atoms with Crippen molar-refractivity contribution in [3.05, 3.63) is 117 Å². The number of carboxylic acids is 1. The minimum absolute atomic E-state index is 0.00148. The van der Waals surface area contributed by atoms with Crippen LogP contribution in [-0.2, 0) is 4.79 Å². The van der Waals surface area contributed by atoms with E-state index in [-0.39, 0.29) is 47.7 Å². The number of aliphatic hydroxyl groups excluding tert-OH is 5. The largest absolute Gasteiger partial charge is 0.479 e. The normalized spacial score (nSPS) is 11.7. The number of carboxylic acid groups (broad SMARTS) is 1. The summed E-state index contributed by atoms with van der Waals surface area (Å²) >= 11 is 23.3. The average molecular weight is 1210 g/mol.